The van der Waals surface area contributed by atoms with E-state index in [9.17, 15) is 4.79 Å². The number of rotatable bonds is 5. The highest BCUT2D eigenvalue weighted by molar-refractivity contribution is 8.26. The molecule has 0 radical (unpaired) electrons. The molecule has 0 aromatic heterocycles. The van der Waals surface area contributed by atoms with Gasteiger partial charge in [0.1, 0.15) is 4.32 Å². The molecule has 1 fully saturated rings. The standard InChI is InChI=1S/C16H18ClNO3S2/c1-5-18-15(19)13(23-16(18)22)8-10-6-11(17)14(21-9(2)3)12(7-10)20-4/h6-9H,5H2,1-4H3. The van der Waals surface area contributed by atoms with Gasteiger partial charge in [0.25, 0.3) is 5.91 Å². The van der Waals surface area contributed by atoms with Gasteiger partial charge < -0.3 is 9.47 Å². The number of hydrogen-bond acceptors (Lipinski definition) is 5. The van der Waals surface area contributed by atoms with Crippen LogP contribution in [0.15, 0.2) is 17.0 Å². The number of amides is 1. The van der Waals surface area contributed by atoms with Gasteiger partial charge in [-0.1, -0.05) is 35.6 Å². The van der Waals surface area contributed by atoms with Gasteiger partial charge >= 0.3 is 0 Å². The number of likely N-dealkylation sites (N-methyl/N-ethyl adjacent to an activating group) is 1. The fourth-order valence-electron chi connectivity index (χ4n) is 2.10. The third-order valence-corrected chi connectivity index (χ3v) is 4.75. The summed E-state index contributed by atoms with van der Waals surface area (Å²) in [5, 5.41) is 0.440. The molecule has 1 saturated heterocycles. The van der Waals surface area contributed by atoms with Gasteiger partial charge in [0.2, 0.25) is 0 Å². The lowest BCUT2D eigenvalue weighted by molar-refractivity contribution is -0.121. The molecule has 1 aromatic carbocycles. The first-order chi connectivity index (χ1) is 10.9. The molecule has 4 nitrogen and oxygen atoms in total. The molecule has 0 saturated carbocycles. The van der Waals surface area contributed by atoms with Crippen molar-refractivity contribution in [1.29, 1.82) is 0 Å². The highest BCUT2D eigenvalue weighted by Crippen LogP contribution is 2.39. The molecule has 1 aliphatic heterocycles. The van der Waals surface area contributed by atoms with Crippen LogP contribution in [0.3, 0.4) is 0 Å². The zero-order valence-corrected chi connectivity index (χ0v) is 15.8. The Morgan fingerprint density at radius 1 is 1.43 bits per heavy atom. The number of nitrogens with zero attached hydrogens (tertiary/aromatic N) is 1. The predicted molar refractivity (Wildman–Crippen MR) is 99.3 cm³/mol. The molecule has 0 atom stereocenters. The maximum Gasteiger partial charge on any atom is 0.266 e. The van der Waals surface area contributed by atoms with Gasteiger partial charge in [-0.25, -0.2) is 0 Å². The Morgan fingerprint density at radius 2 is 2.13 bits per heavy atom. The average molecular weight is 372 g/mol. The van der Waals surface area contributed by atoms with Crippen molar-refractivity contribution in [3.8, 4) is 11.5 Å². The van der Waals surface area contributed by atoms with Crippen LogP contribution in [-0.2, 0) is 4.79 Å². The summed E-state index contributed by atoms with van der Waals surface area (Å²) in [6.45, 7) is 6.29. The SMILES string of the molecule is CCN1C(=O)C(=Cc2cc(Cl)c(OC(C)C)c(OC)c2)SC1=S. The molecular formula is C16H18ClNO3S2. The Morgan fingerprint density at radius 3 is 2.65 bits per heavy atom. The van der Waals surface area contributed by atoms with Gasteiger partial charge in [-0.15, -0.1) is 0 Å². The highest BCUT2D eigenvalue weighted by Gasteiger charge is 2.30. The number of hydrogen-bond donors (Lipinski definition) is 0. The molecule has 1 aromatic rings. The number of benzene rings is 1. The van der Waals surface area contributed by atoms with E-state index < -0.39 is 0 Å². The zero-order valence-electron chi connectivity index (χ0n) is 13.4. The van der Waals surface area contributed by atoms with Gasteiger partial charge in [-0.3, -0.25) is 9.69 Å². The lowest BCUT2D eigenvalue weighted by atomic mass is 10.1. The lowest BCUT2D eigenvalue weighted by Gasteiger charge is -2.15. The Bertz CT molecular complexity index is 674. The van der Waals surface area contributed by atoms with Crippen molar-refractivity contribution in [3.63, 3.8) is 0 Å². The Kier molecular flexibility index (Phi) is 5.95. The number of halogens is 1. The number of thiocarbonyl (C=S) groups is 1. The molecule has 1 heterocycles. The molecule has 2 rings (SSSR count). The molecule has 1 aliphatic rings. The number of carbonyl (C=O) groups is 1. The fourth-order valence-corrected chi connectivity index (χ4v) is 3.75. The maximum absolute atomic E-state index is 12.3. The van der Waals surface area contributed by atoms with E-state index in [0.717, 1.165) is 5.56 Å². The van der Waals surface area contributed by atoms with Gasteiger partial charge in [0.15, 0.2) is 11.5 Å². The van der Waals surface area contributed by atoms with Crippen molar-refractivity contribution in [1.82, 2.24) is 4.90 Å². The summed E-state index contributed by atoms with van der Waals surface area (Å²) in [5.74, 6) is 0.950. The van der Waals surface area contributed by atoms with Crippen molar-refractivity contribution in [3.05, 3.63) is 27.6 Å². The van der Waals surface area contributed by atoms with Gasteiger partial charge in [-0.05, 0) is 44.5 Å². The molecule has 0 unspecified atom stereocenters. The van der Waals surface area contributed by atoms with E-state index in [0.29, 0.717) is 32.3 Å². The normalized spacial score (nSPS) is 16.6. The minimum Gasteiger partial charge on any atom is -0.493 e. The van der Waals surface area contributed by atoms with E-state index in [1.807, 2.05) is 20.8 Å². The molecule has 0 aliphatic carbocycles. The number of thioether (sulfide) groups is 1. The number of carbonyl (C=O) groups excluding carboxylic acids is 1. The summed E-state index contributed by atoms with van der Waals surface area (Å²) in [7, 11) is 1.55. The molecule has 0 N–H and O–H groups in total. The third-order valence-electron chi connectivity index (χ3n) is 3.09. The van der Waals surface area contributed by atoms with Gasteiger partial charge in [0, 0.05) is 6.54 Å². The summed E-state index contributed by atoms with van der Waals surface area (Å²) >= 11 is 12.8. The molecule has 124 valence electrons. The van der Waals surface area contributed by atoms with Crippen LogP contribution >= 0.6 is 35.6 Å². The van der Waals surface area contributed by atoms with Crippen molar-refractivity contribution in [2.75, 3.05) is 13.7 Å². The van der Waals surface area contributed by atoms with Crippen LogP contribution in [0.4, 0.5) is 0 Å². The smallest absolute Gasteiger partial charge is 0.266 e. The Hall–Kier alpha value is -1.24. The summed E-state index contributed by atoms with van der Waals surface area (Å²) in [4.78, 5) is 14.4. The maximum atomic E-state index is 12.3. The van der Waals surface area contributed by atoms with Gasteiger partial charge in [0.05, 0.1) is 23.1 Å². The monoisotopic (exact) mass is 371 g/mol. The first kappa shape index (κ1) is 18.1. The third kappa shape index (κ3) is 4.00. The van der Waals surface area contributed by atoms with Crippen LogP contribution in [0.1, 0.15) is 26.3 Å². The van der Waals surface area contributed by atoms with Gasteiger partial charge in [-0.2, -0.15) is 0 Å². The van der Waals surface area contributed by atoms with Crippen molar-refractivity contribution < 1.29 is 14.3 Å². The van der Waals surface area contributed by atoms with Crippen molar-refractivity contribution in [2.24, 2.45) is 0 Å². The van der Waals surface area contributed by atoms with Crippen LogP contribution < -0.4 is 9.47 Å². The predicted octanol–water partition coefficient (Wildman–Crippen LogP) is 4.36. The van der Waals surface area contributed by atoms with Crippen LogP contribution in [0.25, 0.3) is 6.08 Å². The minimum absolute atomic E-state index is 0.0203. The quantitative estimate of drug-likeness (QED) is 0.568. The topological polar surface area (TPSA) is 38.8 Å². The molecular weight excluding hydrogens is 354 g/mol. The van der Waals surface area contributed by atoms with Crippen molar-refractivity contribution in [2.45, 2.75) is 26.9 Å². The summed E-state index contributed by atoms with van der Waals surface area (Å²) in [6, 6.07) is 3.54. The molecule has 0 bridgehead atoms. The lowest BCUT2D eigenvalue weighted by Crippen LogP contribution is -2.27. The summed E-state index contributed by atoms with van der Waals surface area (Å²) in [6.07, 6.45) is 1.75. The van der Waals surface area contributed by atoms with Crippen molar-refractivity contribution >= 4 is 51.9 Å². The fraction of sp³-hybridized carbons (Fsp3) is 0.375. The summed E-state index contributed by atoms with van der Waals surface area (Å²) < 4.78 is 11.6. The van der Waals surface area contributed by atoms with E-state index in [2.05, 4.69) is 0 Å². The first-order valence-electron chi connectivity index (χ1n) is 7.16. The second-order valence-corrected chi connectivity index (χ2v) is 7.21. The molecule has 7 heteroatoms. The second kappa shape index (κ2) is 7.55. The number of methoxy groups -OCH3 is 1. The molecule has 1 amide bonds. The second-order valence-electron chi connectivity index (χ2n) is 5.13. The molecule has 0 spiro atoms. The Balaban J connectivity index is 2.38. The minimum atomic E-state index is -0.0832. The largest absolute Gasteiger partial charge is 0.493 e. The van der Waals surface area contributed by atoms with E-state index in [1.54, 1.807) is 30.2 Å². The zero-order chi connectivity index (χ0) is 17.1. The summed E-state index contributed by atoms with van der Waals surface area (Å²) in [5.41, 5.74) is 0.763. The Labute approximate surface area is 150 Å². The van der Waals surface area contributed by atoms with E-state index in [-0.39, 0.29) is 12.0 Å². The highest BCUT2D eigenvalue weighted by atomic mass is 35.5. The average Bonchev–Trinajstić information content (AvgIpc) is 2.75. The first-order valence-corrected chi connectivity index (χ1v) is 8.77. The van der Waals surface area contributed by atoms with E-state index in [4.69, 9.17) is 33.3 Å². The van der Waals surface area contributed by atoms with Crippen LogP contribution in [0.2, 0.25) is 5.02 Å². The number of ether oxygens (including phenoxy) is 2. The van der Waals surface area contributed by atoms with E-state index in [1.165, 1.54) is 11.8 Å². The van der Waals surface area contributed by atoms with E-state index >= 15 is 0 Å². The van der Waals surface area contributed by atoms with Crippen LogP contribution in [-0.4, -0.2) is 34.9 Å². The molecule has 23 heavy (non-hydrogen) atoms. The van der Waals surface area contributed by atoms with Crippen LogP contribution in [0, 0.1) is 0 Å². The van der Waals surface area contributed by atoms with Crippen LogP contribution in [0.5, 0.6) is 11.5 Å².